The van der Waals surface area contributed by atoms with Gasteiger partial charge in [0.25, 0.3) is 10.1 Å². The van der Waals surface area contributed by atoms with Crippen molar-refractivity contribution in [3.8, 4) is 17.8 Å². The van der Waals surface area contributed by atoms with Gasteiger partial charge in [-0.3, -0.25) is 4.18 Å². The van der Waals surface area contributed by atoms with E-state index in [1.165, 1.54) is 20.3 Å². The van der Waals surface area contributed by atoms with E-state index in [1.807, 2.05) is 13.0 Å². The van der Waals surface area contributed by atoms with Crippen molar-refractivity contribution in [2.45, 2.75) is 29.9 Å². The predicted octanol–water partition coefficient (Wildman–Crippen LogP) is 1.23. The van der Waals surface area contributed by atoms with Gasteiger partial charge >= 0.3 is 0 Å². The molecule has 0 radical (unpaired) electrons. The number of methoxy groups -OCH3 is 2. The zero-order chi connectivity index (χ0) is 16.8. The van der Waals surface area contributed by atoms with Crippen LogP contribution in [0.25, 0.3) is 0 Å². The van der Waals surface area contributed by atoms with Crippen molar-refractivity contribution in [2.75, 3.05) is 20.5 Å². The molecule has 0 N–H and O–H groups in total. The lowest BCUT2D eigenvalue weighted by molar-refractivity contribution is 0.258. The van der Waals surface area contributed by atoms with Gasteiger partial charge in [0.15, 0.2) is 11.3 Å². The molecule has 0 aliphatic heterocycles. The molecule has 122 valence electrons. The summed E-state index contributed by atoms with van der Waals surface area (Å²) in [6.07, 6.45) is 0.256. The second-order valence-corrected chi connectivity index (χ2v) is 6.96. The molecule has 10 heteroatoms. The van der Waals surface area contributed by atoms with Gasteiger partial charge in [-0.1, -0.05) is 18.7 Å². The fourth-order valence-corrected chi connectivity index (χ4v) is 3.08. The van der Waals surface area contributed by atoms with Crippen LogP contribution in [0.1, 0.15) is 13.3 Å². The molecule has 0 amide bonds. The van der Waals surface area contributed by atoms with Crippen molar-refractivity contribution < 1.29 is 22.1 Å². The highest BCUT2D eigenvalue weighted by atomic mass is 32.2. The molecule has 0 fully saturated rings. The summed E-state index contributed by atoms with van der Waals surface area (Å²) < 4.78 is 37.3. The van der Waals surface area contributed by atoms with Gasteiger partial charge in [-0.05, 0) is 6.42 Å². The molecule has 0 aliphatic rings. The third-order valence-corrected chi connectivity index (χ3v) is 4.31. The lowest BCUT2D eigenvalue weighted by Gasteiger charge is -2.18. The molecule has 0 saturated carbocycles. The number of nitriles is 1. The molecule has 2 unspecified atom stereocenters. The van der Waals surface area contributed by atoms with Crippen LogP contribution in [0.2, 0.25) is 0 Å². The summed E-state index contributed by atoms with van der Waals surface area (Å²) in [5.74, 6) is 0.614. The zero-order valence-corrected chi connectivity index (χ0v) is 14.3. The van der Waals surface area contributed by atoms with Crippen LogP contribution in [-0.4, -0.2) is 50.2 Å². The molecule has 0 bridgehead atoms. The third kappa shape index (κ3) is 5.67. The SMILES string of the molecule is CCC(Sc1nc(OC)cc(OC)n1)C(C#N)OS(C)(=O)=O. The van der Waals surface area contributed by atoms with Gasteiger partial charge in [0.2, 0.25) is 11.8 Å². The first-order valence-electron chi connectivity index (χ1n) is 6.24. The Morgan fingerprint density at radius 2 is 1.86 bits per heavy atom. The number of ether oxygens (including phenoxy) is 2. The quantitative estimate of drug-likeness (QED) is 0.389. The van der Waals surface area contributed by atoms with Crippen molar-refractivity contribution in [3.05, 3.63) is 6.07 Å². The molecule has 0 aromatic carbocycles. The van der Waals surface area contributed by atoms with Crippen LogP contribution < -0.4 is 9.47 Å². The number of nitrogens with zero attached hydrogens (tertiary/aromatic N) is 3. The molecule has 8 nitrogen and oxygen atoms in total. The minimum atomic E-state index is -3.73. The van der Waals surface area contributed by atoms with Gasteiger partial charge in [-0.2, -0.15) is 23.6 Å². The molecule has 22 heavy (non-hydrogen) atoms. The van der Waals surface area contributed by atoms with Crippen LogP contribution in [0.3, 0.4) is 0 Å². The first kappa shape index (κ1) is 18.5. The minimum absolute atomic E-state index is 0.306. The molecule has 2 atom stereocenters. The van der Waals surface area contributed by atoms with Gasteiger partial charge in [0.05, 0.1) is 37.9 Å². The maximum atomic E-state index is 11.2. The molecule has 1 aromatic rings. The van der Waals surface area contributed by atoms with Crippen LogP contribution in [0, 0.1) is 11.3 Å². The summed E-state index contributed by atoms with van der Waals surface area (Å²) in [4.78, 5) is 8.27. The number of aromatic nitrogens is 2. The second kappa shape index (κ2) is 8.17. The Bertz CT molecular complexity index is 622. The van der Waals surface area contributed by atoms with Crippen LogP contribution in [0.4, 0.5) is 0 Å². The minimum Gasteiger partial charge on any atom is -0.481 e. The van der Waals surface area contributed by atoms with Crippen molar-refractivity contribution in [2.24, 2.45) is 0 Å². The third-order valence-electron chi connectivity index (χ3n) is 2.48. The van der Waals surface area contributed by atoms with Crippen molar-refractivity contribution in [1.82, 2.24) is 9.97 Å². The van der Waals surface area contributed by atoms with E-state index in [1.54, 1.807) is 0 Å². The van der Waals surface area contributed by atoms with E-state index < -0.39 is 21.5 Å². The van der Waals surface area contributed by atoms with E-state index in [2.05, 4.69) is 9.97 Å². The lowest BCUT2D eigenvalue weighted by Crippen LogP contribution is -2.27. The fraction of sp³-hybridized carbons (Fsp3) is 0.583. The summed E-state index contributed by atoms with van der Waals surface area (Å²) in [6.45, 7) is 1.81. The van der Waals surface area contributed by atoms with Crippen LogP contribution in [0.5, 0.6) is 11.8 Å². The van der Waals surface area contributed by atoms with E-state index in [0.717, 1.165) is 18.0 Å². The number of hydrogen-bond acceptors (Lipinski definition) is 9. The summed E-state index contributed by atoms with van der Waals surface area (Å²) >= 11 is 1.13. The fourth-order valence-electron chi connectivity index (χ4n) is 1.50. The van der Waals surface area contributed by atoms with Gasteiger partial charge < -0.3 is 9.47 Å². The van der Waals surface area contributed by atoms with E-state index in [4.69, 9.17) is 18.9 Å². The van der Waals surface area contributed by atoms with Crippen molar-refractivity contribution >= 4 is 21.9 Å². The number of hydrogen-bond donors (Lipinski definition) is 0. The maximum Gasteiger partial charge on any atom is 0.265 e. The Morgan fingerprint density at radius 1 is 1.32 bits per heavy atom. The van der Waals surface area contributed by atoms with Crippen LogP contribution in [0.15, 0.2) is 11.2 Å². The Morgan fingerprint density at radius 3 is 2.23 bits per heavy atom. The Kier molecular flexibility index (Phi) is 6.86. The first-order chi connectivity index (χ1) is 10.3. The van der Waals surface area contributed by atoms with Crippen molar-refractivity contribution in [1.29, 1.82) is 5.26 Å². The number of thioether (sulfide) groups is 1. The largest absolute Gasteiger partial charge is 0.481 e. The molecule has 0 aliphatic carbocycles. The van der Waals surface area contributed by atoms with Gasteiger partial charge in [-0.15, -0.1) is 0 Å². The molecule has 0 spiro atoms. The lowest BCUT2D eigenvalue weighted by atomic mass is 10.2. The van der Waals surface area contributed by atoms with E-state index >= 15 is 0 Å². The van der Waals surface area contributed by atoms with Crippen molar-refractivity contribution in [3.63, 3.8) is 0 Å². The van der Waals surface area contributed by atoms with Gasteiger partial charge in [-0.25, -0.2) is 0 Å². The topological polar surface area (TPSA) is 111 Å². The molecule has 1 heterocycles. The molecular formula is C12H17N3O5S2. The summed E-state index contributed by atoms with van der Waals surface area (Å²) in [7, 11) is -0.821. The van der Waals surface area contributed by atoms with Gasteiger partial charge in [0.1, 0.15) is 0 Å². The predicted molar refractivity (Wildman–Crippen MR) is 80.4 cm³/mol. The highest BCUT2D eigenvalue weighted by Crippen LogP contribution is 2.29. The molecule has 0 saturated heterocycles. The summed E-state index contributed by atoms with van der Waals surface area (Å²) in [5.41, 5.74) is 0. The smallest absolute Gasteiger partial charge is 0.265 e. The molecular weight excluding hydrogens is 330 g/mol. The molecule has 1 aromatic heterocycles. The molecule has 1 rings (SSSR count). The van der Waals surface area contributed by atoms with E-state index in [0.29, 0.717) is 23.3 Å². The first-order valence-corrected chi connectivity index (χ1v) is 8.94. The average molecular weight is 347 g/mol. The van der Waals surface area contributed by atoms with E-state index in [-0.39, 0.29) is 0 Å². The summed E-state index contributed by atoms with van der Waals surface area (Å²) in [5, 5.41) is 8.97. The average Bonchev–Trinajstić information content (AvgIpc) is 2.49. The number of rotatable bonds is 8. The Balaban J connectivity index is 3.00. The standard InChI is InChI=1S/C12H17N3O5S2/c1-5-9(8(7-13)20-22(4,16)17)21-12-14-10(18-2)6-11(15-12)19-3/h6,8-9H,5H2,1-4H3. The van der Waals surface area contributed by atoms with Gasteiger partial charge in [0, 0.05) is 0 Å². The summed E-state index contributed by atoms with van der Waals surface area (Å²) in [6, 6.07) is 3.36. The van der Waals surface area contributed by atoms with E-state index in [9.17, 15) is 8.42 Å². The van der Waals surface area contributed by atoms with Crippen LogP contribution >= 0.6 is 11.8 Å². The maximum absolute atomic E-state index is 11.2. The normalized spacial score (nSPS) is 14.0. The monoisotopic (exact) mass is 347 g/mol. The highest BCUT2D eigenvalue weighted by Gasteiger charge is 2.27. The Labute approximate surface area is 133 Å². The zero-order valence-electron chi connectivity index (χ0n) is 12.6. The highest BCUT2D eigenvalue weighted by molar-refractivity contribution is 7.99. The van der Waals surface area contributed by atoms with Crippen LogP contribution in [-0.2, 0) is 14.3 Å². The Hall–Kier alpha value is -1.57. The second-order valence-electron chi connectivity index (χ2n) is 4.15.